The van der Waals surface area contributed by atoms with Crippen LogP contribution < -0.4 is 10.1 Å². The zero-order valence-electron chi connectivity index (χ0n) is 16.1. The van der Waals surface area contributed by atoms with Gasteiger partial charge in [-0.25, -0.2) is 0 Å². The molecule has 0 bridgehead atoms. The fourth-order valence-electron chi connectivity index (χ4n) is 4.50. The molecular formula is C22H24N2O4. The highest BCUT2D eigenvalue weighted by Crippen LogP contribution is 2.54. The third-order valence-corrected chi connectivity index (χ3v) is 5.75. The molecule has 0 saturated carbocycles. The number of carbonyl (C=O) groups is 2. The number of ether oxygens (including phenoxy) is 2. The molecule has 2 atom stereocenters. The van der Waals surface area contributed by atoms with E-state index in [4.69, 9.17) is 9.47 Å². The van der Waals surface area contributed by atoms with Gasteiger partial charge in [-0.3, -0.25) is 9.59 Å². The summed E-state index contributed by atoms with van der Waals surface area (Å²) in [6.45, 7) is 2.84. The van der Waals surface area contributed by atoms with E-state index in [-0.39, 0.29) is 18.4 Å². The molecule has 1 spiro atoms. The Balaban J connectivity index is 1.84. The number of likely N-dealkylation sites (tertiary alicyclic amines) is 1. The van der Waals surface area contributed by atoms with Crippen LogP contribution in [0.2, 0.25) is 0 Å². The average molecular weight is 380 g/mol. The molecule has 2 aliphatic heterocycles. The van der Waals surface area contributed by atoms with Crippen LogP contribution in [0, 0.1) is 0 Å². The number of amides is 2. The Morgan fingerprint density at radius 2 is 2.07 bits per heavy atom. The molecule has 2 aromatic rings. The Morgan fingerprint density at radius 3 is 2.86 bits per heavy atom. The lowest BCUT2D eigenvalue weighted by molar-refractivity contribution is -0.138. The van der Waals surface area contributed by atoms with Gasteiger partial charge in [-0.05, 0) is 42.7 Å². The van der Waals surface area contributed by atoms with Gasteiger partial charge in [-0.15, -0.1) is 0 Å². The van der Waals surface area contributed by atoms with Gasteiger partial charge in [-0.2, -0.15) is 0 Å². The molecule has 1 saturated heterocycles. The Labute approximate surface area is 164 Å². The topological polar surface area (TPSA) is 67.9 Å². The van der Waals surface area contributed by atoms with Crippen molar-refractivity contribution in [1.82, 2.24) is 4.90 Å². The molecule has 2 aromatic carbocycles. The monoisotopic (exact) mass is 380 g/mol. The van der Waals surface area contributed by atoms with Crippen LogP contribution in [0.3, 0.4) is 0 Å². The molecule has 146 valence electrons. The van der Waals surface area contributed by atoms with E-state index in [2.05, 4.69) is 5.32 Å². The van der Waals surface area contributed by atoms with E-state index in [1.165, 1.54) is 0 Å². The number of carbonyl (C=O) groups excluding carboxylic acids is 2. The Hall–Kier alpha value is -2.86. The van der Waals surface area contributed by atoms with Crippen molar-refractivity contribution in [3.8, 4) is 5.75 Å². The summed E-state index contributed by atoms with van der Waals surface area (Å²) >= 11 is 0. The van der Waals surface area contributed by atoms with Crippen molar-refractivity contribution in [3.63, 3.8) is 0 Å². The summed E-state index contributed by atoms with van der Waals surface area (Å²) in [5.41, 5.74) is 1.83. The van der Waals surface area contributed by atoms with Crippen LogP contribution in [-0.4, -0.2) is 43.6 Å². The predicted molar refractivity (Wildman–Crippen MR) is 105 cm³/mol. The first kappa shape index (κ1) is 18.5. The number of rotatable bonds is 5. The molecule has 4 rings (SSSR count). The second-order valence-corrected chi connectivity index (χ2v) is 7.12. The smallest absolute Gasteiger partial charge is 0.249 e. The van der Waals surface area contributed by atoms with Gasteiger partial charge < -0.3 is 19.7 Å². The SMILES string of the molecule is CCOCC(=O)N1CC[C@]2(C(=O)Nc3ccccc32)[C@@H]1c1cccc(OC)c1. The molecule has 6 heteroatoms. The lowest BCUT2D eigenvalue weighted by atomic mass is 9.72. The number of hydrogen-bond donors (Lipinski definition) is 1. The molecule has 1 fully saturated rings. The van der Waals surface area contributed by atoms with E-state index in [0.29, 0.717) is 25.3 Å². The third-order valence-electron chi connectivity index (χ3n) is 5.75. The van der Waals surface area contributed by atoms with Gasteiger partial charge in [0.25, 0.3) is 0 Å². The maximum absolute atomic E-state index is 13.3. The fourth-order valence-corrected chi connectivity index (χ4v) is 4.50. The quantitative estimate of drug-likeness (QED) is 0.866. The van der Waals surface area contributed by atoms with Crippen LogP contribution in [0.25, 0.3) is 0 Å². The maximum atomic E-state index is 13.3. The van der Waals surface area contributed by atoms with Gasteiger partial charge in [-0.1, -0.05) is 30.3 Å². The Kier molecular flexibility index (Phi) is 4.81. The van der Waals surface area contributed by atoms with Crippen molar-refractivity contribution in [1.29, 1.82) is 0 Å². The van der Waals surface area contributed by atoms with Crippen LogP contribution in [0.15, 0.2) is 48.5 Å². The van der Waals surface area contributed by atoms with Crippen LogP contribution in [0.5, 0.6) is 5.75 Å². The lowest BCUT2D eigenvalue weighted by Crippen LogP contribution is -2.43. The molecule has 0 radical (unpaired) electrons. The largest absolute Gasteiger partial charge is 0.497 e. The number of nitrogens with one attached hydrogen (secondary N) is 1. The van der Waals surface area contributed by atoms with Gasteiger partial charge in [0.1, 0.15) is 17.8 Å². The van der Waals surface area contributed by atoms with Crippen molar-refractivity contribution < 1.29 is 19.1 Å². The van der Waals surface area contributed by atoms with E-state index in [1.54, 1.807) is 12.0 Å². The van der Waals surface area contributed by atoms with E-state index in [9.17, 15) is 9.59 Å². The van der Waals surface area contributed by atoms with Crippen LogP contribution in [0.4, 0.5) is 5.69 Å². The zero-order valence-corrected chi connectivity index (χ0v) is 16.1. The molecule has 2 amide bonds. The van der Waals surface area contributed by atoms with Gasteiger partial charge in [0.15, 0.2) is 0 Å². The molecule has 0 aliphatic carbocycles. The first-order chi connectivity index (χ1) is 13.6. The average Bonchev–Trinajstić information content (AvgIpc) is 3.26. The summed E-state index contributed by atoms with van der Waals surface area (Å²) in [6, 6.07) is 14.9. The second kappa shape index (κ2) is 7.28. The zero-order chi connectivity index (χ0) is 19.7. The van der Waals surface area contributed by atoms with Crippen LogP contribution >= 0.6 is 0 Å². The number of nitrogens with zero attached hydrogens (tertiary/aromatic N) is 1. The van der Waals surface area contributed by atoms with E-state index >= 15 is 0 Å². The Morgan fingerprint density at radius 1 is 1.25 bits per heavy atom. The summed E-state index contributed by atoms with van der Waals surface area (Å²) in [7, 11) is 1.61. The van der Waals surface area contributed by atoms with Crippen molar-refractivity contribution in [2.45, 2.75) is 24.8 Å². The lowest BCUT2D eigenvalue weighted by Gasteiger charge is -2.34. The van der Waals surface area contributed by atoms with Crippen molar-refractivity contribution >= 4 is 17.5 Å². The van der Waals surface area contributed by atoms with Crippen molar-refractivity contribution in [2.75, 3.05) is 32.2 Å². The number of methoxy groups -OCH3 is 1. The summed E-state index contributed by atoms with van der Waals surface area (Å²) in [5.74, 6) is 0.528. The Bertz CT molecular complexity index is 913. The summed E-state index contributed by atoms with van der Waals surface area (Å²) in [5, 5.41) is 3.02. The van der Waals surface area contributed by atoms with Crippen molar-refractivity contribution in [2.24, 2.45) is 0 Å². The minimum atomic E-state index is -0.815. The molecule has 0 unspecified atom stereocenters. The molecule has 0 aromatic heterocycles. The fraction of sp³-hybridized carbons (Fsp3) is 0.364. The third kappa shape index (κ3) is 2.76. The van der Waals surface area contributed by atoms with E-state index in [0.717, 1.165) is 16.8 Å². The molecule has 2 aliphatic rings. The van der Waals surface area contributed by atoms with Gasteiger partial charge in [0.2, 0.25) is 11.8 Å². The van der Waals surface area contributed by atoms with Gasteiger partial charge in [0.05, 0.1) is 13.2 Å². The first-order valence-corrected chi connectivity index (χ1v) is 9.54. The predicted octanol–water partition coefficient (Wildman–Crippen LogP) is 2.90. The summed E-state index contributed by atoms with van der Waals surface area (Å²) in [4.78, 5) is 28.0. The highest BCUT2D eigenvalue weighted by Gasteiger charge is 2.59. The highest BCUT2D eigenvalue weighted by atomic mass is 16.5. The number of anilines is 1. The molecular weight excluding hydrogens is 356 g/mol. The minimum absolute atomic E-state index is 0.0102. The highest BCUT2D eigenvalue weighted by molar-refractivity contribution is 6.07. The van der Waals surface area contributed by atoms with Crippen LogP contribution in [-0.2, 0) is 19.7 Å². The molecule has 1 N–H and O–H groups in total. The number of benzene rings is 2. The van der Waals surface area contributed by atoms with E-state index in [1.807, 2.05) is 55.5 Å². The second-order valence-electron chi connectivity index (χ2n) is 7.12. The standard InChI is InChI=1S/C22H24N2O4/c1-3-28-14-19(25)24-12-11-22(17-9-4-5-10-18(17)23-21(22)26)20(24)15-7-6-8-16(13-15)27-2/h4-10,13,20H,3,11-12,14H2,1-2H3,(H,23,26)/t20-,22+/m0/s1. The van der Waals surface area contributed by atoms with Gasteiger partial charge in [0, 0.05) is 18.8 Å². The van der Waals surface area contributed by atoms with Crippen LogP contribution in [0.1, 0.15) is 30.5 Å². The van der Waals surface area contributed by atoms with Crippen molar-refractivity contribution in [3.05, 3.63) is 59.7 Å². The maximum Gasteiger partial charge on any atom is 0.249 e. The normalized spacial score (nSPS) is 23.0. The minimum Gasteiger partial charge on any atom is -0.497 e. The first-order valence-electron chi connectivity index (χ1n) is 9.54. The summed E-state index contributed by atoms with van der Waals surface area (Å²) < 4.78 is 10.8. The van der Waals surface area contributed by atoms with Gasteiger partial charge >= 0.3 is 0 Å². The molecule has 6 nitrogen and oxygen atoms in total. The molecule has 2 heterocycles. The molecule has 28 heavy (non-hydrogen) atoms. The number of hydrogen-bond acceptors (Lipinski definition) is 4. The summed E-state index contributed by atoms with van der Waals surface area (Å²) in [6.07, 6.45) is 0.565. The van der Waals surface area contributed by atoms with E-state index < -0.39 is 11.5 Å². The number of fused-ring (bicyclic) bond motifs is 2. The number of para-hydroxylation sites is 1.